The zero-order valence-electron chi connectivity index (χ0n) is 30.4. The first kappa shape index (κ1) is 46.7. The Morgan fingerprint density at radius 1 is 0.424 bits per heavy atom. The lowest BCUT2D eigenvalue weighted by Gasteiger charge is -2.19. The number of rotatable bonds is 8. The average Bonchev–Trinajstić information content (AvgIpc) is 3.16. The second-order valence-corrected chi connectivity index (χ2v) is 12.7. The highest BCUT2D eigenvalue weighted by Crippen LogP contribution is 2.35. The third-order valence-corrected chi connectivity index (χ3v) is 7.24. The summed E-state index contributed by atoms with van der Waals surface area (Å²) in [6.45, 7) is 14.3. The number of carbonyl (C=O) groups excluding carboxylic acids is 4. The van der Waals surface area contributed by atoms with Gasteiger partial charge in [-0.1, -0.05) is 46.1 Å². The summed E-state index contributed by atoms with van der Waals surface area (Å²) in [6.07, 6.45) is 0. The lowest BCUT2D eigenvalue weighted by molar-refractivity contribution is -0.131. The molecule has 0 aromatic heterocycles. The van der Waals surface area contributed by atoms with Crippen LogP contribution < -0.4 is 18.9 Å². The summed E-state index contributed by atoms with van der Waals surface area (Å²) in [5, 5.41) is 0. The Morgan fingerprint density at radius 3 is 1.00 bits per heavy atom. The second-order valence-electron chi connectivity index (χ2n) is 12.7. The predicted molar refractivity (Wildman–Crippen MR) is 175 cm³/mol. The van der Waals surface area contributed by atoms with Crippen LogP contribution in [0.5, 0.6) is 23.0 Å². The number of benzene rings is 4. The Morgan fingerprint density at radius 2 is 0.695 bits per heavy atom. The van der Waals surface area contributed by atoms with Crippen LogP contribution >= 0.6 is 0 Å². The fourth-order valence-electron chi connectivity index (χ4n) is 4.12. The van der Waals surface area contributed by atoms with Gasteiger partial charge in [-0.15, -0.1) is 0 Å². The summed E-state index contributed by atoms with van der Waals surface area (Å²) >= 11 is 0. The third kappa shape index (κ3) is 9.73. The zero-order valence-corrected chi connectivity index (χ0v) is 30.4. The molecule has 314 valence electrons. The molecule has 0 amide bonds. The highest BCUT2D eigenvalue weighted by molar-refractivity contribution is 5.94. The topological polar surface area (TPSA) is 105 Å². The first-order valence-electron chi connectivity index (χ1n) is 15.7. The van der Waals surface area contributed by atoms with Crippen LogP contribution in [0.15, 0.2) is 48.6 Å². The van der Waals surface area contributed by atoms with Gasteiger partial charge in [0.1, 0.15) is 16.9 Å². The van der Waals surface area contributed by atoms with Crippen molar-refractivity contribution in [3.8, 4) is 23.0 Å². The molecule has 0 unspecified atom stereocenters. The van der Waals surface area contributed by atoms with Gasteiger partial charge >= 0.3 is 23.9 Å². The van der Waals surface area contributed by atoms with Gasteiger partial charge in [0.05, 0.1) is 0 Å². The quantitative estimate of drug-likeness (QED) is 0.0431. The molecule has 4 rings (SSSR count). The lowest BCUT2D eigenvalue weighted by Crippen LogP contribution is -2.20. The van der Waals surface area contributed by atoms with Gasteiger partial charge in [-0.2, -0.15) is 26.3 Å². The minimum atomic E-state index is -2.66. The molecule has 4 aromatic rings. The van der Waals surface area contributed by atoms with E-state index in [1.54, 1.807) is 12.1 Å². The molecule has 59 heavy (non-hydrogen) atoms. The molecule has 21 heteroatoms. The summed E-state index contributed by atoms with van der Waals surface area (Å²) < 4.78 is 196. The minimum Gasteiger partial charge on any atom is -0.423 e. The summed E-state index contributed by atoms with van der Waals surface area (Å²) in [6, 6.07) is 6.03. The van der Waals surface area contributed by atoms with E-state index >= 15 is 0 Å². The van der Waals surface area contributed by atoms with Crippen LogP contribution in [0, 0.1) is 75.6 Å². The maximum absolute atomic E-state index is 14.2. The van der Waals surface area contributed by atoms with Gasteiger partial charge < -0.3 is 18.9 Å². The maximum Gasteiger partial charge on any atom is 0.349 e. The highest BCUT2D eigenvalue weighted by Gasteiger charge is 2.36. The van der Waals surface area contributed by atoms with Crippen molar-refractivity contribution < 1.29 is 95.2 Å². The van der Waals surface area contributed by atoms with E-state index in [-0.39, 0.29) is 16.7 Å². The molecule has 0 N–H and O–H groups in total. The monoisotopic (exact) mass is 854 g/mol. The van der Waals surface area contributed by atoms with Gasteiger partial charge in [-0.3, -0.25) is 0 Å². The molecular weight excluding hydrogens is 831 g/mol. The molecule has 0 spiro atoms. The fourth-order valence-corrected chi connectivity index (χ4v) is 4.12. The first-order valence-corrected chi connectivity index (χ1v) is 15.7. The van der Waals surface area contributed by atoms with Crippen molar-refractivity contribution in [1.29, 1.82) is 0 Å². The summed E-state index contributed by atoms with van der Waals surface area (Å²) in [7, 11) is 0. The van der Waals surface area contributed by atoms with Gasteiger partial charge in [0.15, 0.2) is 23.3 Å². The Bertz CT molecular complexity index is 2350. The molecule has 0 radical (unpaired) electrons. The van der Waals surface area contributed by atoms with Crippen LogP contribution in [-0.2, 0) is 15.0 Å². The molecule has 0 bridgehead atoms. The van der Waals surface area contributed by atoms with Crippen molar-refractivity contribution in [1.82, 2.24) is 0 Å². The third-order valence-electron chi connectivity index (χ3n) is 7.24. The highest BCUT2D eigenvalue weighted by atomic mass is 19.2. The van der Waals surface area contributed by atoms with Crippen molar-refractivity contribution in [2.24, 2.45) is 0 Å². The fraction of sp³-hybridized carbons (Fsp3) is 0.158. The predicted octanol–water partition coefficient (Wildman–Crippen LogP) is 9.88. The molecule has 0 aliphatic rings. The largest absolute Gasteiger partial charge is 0.423 e. The van der Waals surface area contributed by atoms with E-state index < -0.39 is 133 Å². The lowest BCUT2D eigenvalue weighted by atomic mass is 9.87. The van der Waals surface area contributed by atoms with E-state index in [0.29, 0.717) is 0 Å². The molecule has 0 atom stereocenters. The molecule has 0 aliphatic heterocycles. The van der Waals surface area contributed by atoms with Gasteiger partial charge in [0.2, 0.25) is 69.6 Å². The van der Waals surface area contributed by atoms with Crippen molar-refractivity contribution >= 4 is 23.9 Å². The molecule has 0 fully saturated rings. The molecule has 4 aromatic carbocycles. The summed E-state index contributed by atoms with van der Waals surface area (Å²) in [5.74, 6) is -44.3. The van der Waals surface area contributed by atoms with Crippen molar-refractivity contribution in [2.75, 3.05) is 0 Å². The van der Waals surface area contributed by atoms with Crippen molar-refractivity contribution in [3.63, 3.8) is 0 Å². The van der Waals surface area contributed by atoms with E-state index in [1.807, 2.05) is 20.8 Å². The van der Waals surface area contributed by atoms with E-state index in [9.17, 15) is 76.3 Å². The number of carbonyl (C=O) groups is 4. The van der Waals surface area contributed by atoms with Crippen LogP contribution in [0.2, 0.25) is 0 Å². The van der Waals surface area contributed by atoms with Crippen molar-refractivity contribution in [2.45, 2.75) is 40.0 Å². The van der Waals surface area contributed by atoms with Crippen LogP contribution in [0.4, 0.5) is 57.1 Å². The minimum absolute atomic E-state index is 0.0830. The normalized spacial score (nSPS) is 10.9. The Kier molecular flexibility index (Phi) is 14.1. The van der Waals surface area contributed by atoms with Gasteiger partial charge in [0.25, 0.3) is 0 Å². The molecule has 8 nitrogen and oxygen atoms in total. The number of ether oxygens (including phenoxy) is 4. The first-order chi connectivity index (χ1) is 27.1. The second kappa shape index (κ2) is 17.9. The Balaban J connectivity index is 0.000000316. The number of halogens is 13. The Hall–Kier alpha value is -6.67. The summed E-state index contributed by atoms with van der Waals surface area (Å²) in [5.41, 5.74) is -3.82. The number of hydrogen-bond donors (Lipinski definition) is 0. The molecule has 0 aliphatic carbocycles. The summed E-state index contributed by atoms with van der Waals surface area (Å²) in [4.78, 5) is 46.6. The van der Waals surface area contributed by atoms with Crippen molar-refractivity contribution in [3.05, 3.63) is 141 Å². The van der Waals surface area contributed by atoms with Crippen LogP contribution in [-0.4, -0.2) is 23.9 Å². The SMILES string of the molecule is C=C(C)C(=O)Oc1c(F)c(F)c(C(=O)Oc2c(F)c(F)c(F)c(F)c2F)c(F)c1F.C=C(C)C(=O)Oc1c(F)c(F)c(C(=O)Oc2ccc(C(C)(C)C)cc2)c(F)c1F. The standard InChI is InChI=1S/C21H18F4O4.C17H5F9O4/c1-10(2)19(26)29-18-16(24)14(22)13(15(23)17(18)25)20(27)28-12-8-6-11(7-9-12)21(3,4)5;1-3(2)16(27)29-14-10(23)5(18)4(6(19)11(14)24)17(28)30-15-12(25)8(21)7(20)9(22)13(15)26/h6-9H,1H2,2-5H3;1H2,2H3. The van der Waals surface area contributed by atoms with Crippen LogP contribution in [0.25, 0.3) is 0 Å². The molecular formula is C38H23F13O8. The van der Waals surface area contributed by atoms with Gasteiger partial charge in [-0.25, -0.2) is 49.9 Å². The van der Waals surface area contributed by atoms with E-state index in [4.69, 9.17) is 4.74 Å². The van der Waals surface area contributed by atoms with E-state index in [0.717, 1.165) is 12.5 Å². The molecule has 0 heterocycles. The average molecular weight is 855 g/mol. The molecule has 0 saturated heterocycles. The van der Waals surface area contributed by atoms with Gasteiger partial charge in [-0.05, 0) is 37.0 Å². The molecule has 0 saturated carbocycles. The van der Waals surface area contributed by atoms with E-state index in [1.165, 1.54) is 19.1 Å². The van der Waals surface area contributed by atoms with E-state index in [2.05, 4.69) is 27.4 Å². The number of hydrogen-bond acceptors (Lipinski definition) is 8. The number of esters is 4. The Labute approximate surface area is 323 Å². The zero-order chi connectivity index (χ0) is 45.2. The van der Waals surface area contributed by atoms with Crippen LogP contribution in [0.3, 0.4) is 0 Å². The van der Waals surface area contributed by atoms with Gasteiger partial charge in [0, 0.05) is 11.1 Å². The smallest absolute Gasteiger partial charge is 0.349 e. The maximum atomic E-state index is 14.2. The van der Waals surface area contributed by atoms with Crippen LogP contribution in [0.1, 0.15) is 60.9 Å².